The van der Waals surface area contributed by atoms with Crippen molar-refractivity contribution in [3.05, 3.63) is 11.6 Å². The third-order valence-corrected chi connectivity index (χ3v) is 1.76. The van der Waals surface area contributed by atoms with E-state index in [4.69, 9.17) is 9.47 Å². The predicted octanol–water partition coefficient (Wildman–Crippen LogP) is 2.33. The summed E-state index contributed by atoms with van der Waals surface area (Å²) < 4.78 is 9.90. The highest BCUT2D eigenvalue weighted by Gasteiger charge is 2.10. The molecule has 0 aliphatic heterocycles. The molecule has 0 unspecified atom stereocenters. The predicted molar refractivity (Wildman–Crippen MR) is 65.4 cm³/mol. The molecule has 0 aliphatic rings. The number of hydrogen-bond donors (Lipinski definition) is 0. The van der Waals surface area contributed by atoms with Crippen LogP contribution in [0.3, 0.4) is 0 Å². The van der Waals surface area contributed by atoms with Gasteiger partial charge in [0.15, 0.2) is 0 Å². The lowest BCUT2D eigenvalue weighted by Crippen LogP contribution is -2.13. The summed E-state index contributed by atoms with van der Waals surface area (Å²) >= 11 is 0. The van der Waals surface area contributed by atoms with Gasteiger partial charge in [0.25, 0.3) is 0 Å². The lowest BCUT2D eigenvalue weighted by Gasteiger charge is -2.07. The van der Waals surface area contributed by atoms with Crippen LogP contribution in [0.25, 0.3) is 0 Å². The zero-order valence-corrected chi connectivity index (χ0v) is 11.3. The minimum atomic E-state index is -0.502. The summed E-state index contributed by atoms with van der Waals surface area (Å²) in [6.45, 7) is 10.0. The van der Waals surface area contributed by atoms with Crippen LogP contribution < -0.4 is 0 Å². The summed E-state index contributed by atoms with van der Waals surface area (Å²) in [6.07, 6.45) is 1.17. The quantitative estimate of drug-likeness (QED) is 0.530. The fraction of sp³-hybridized carbons (Fsp3) is 0.692. The molecule has 0 fully saturated rings. The van der Waals surface area contributed by atoms with Gasteiger partial charge in [-0.25, -0.2) is 9.59 Å². The van der Waals surface area contributed by atoms with E-state index >= 15 is 0 Å². The van der Waals surface area contributed by atoms with E-state index in [0.717, 1.165) is 0 Å². The molecule has 0 spiro atoms. The van der Waals surface area contributed by atoms with Gasteiger partial charge in [0.1, 0.15) is 0 Å². The van der Waals surface area contributed by atoms with Crippen LogP contribution in [0.2, 0.25) is 0 Å². The standard InChI is InChI=1S/C13H22O4/c1-9(2)7-16-12(14)6-11(5)13(15)17-8-10(3)4/h6,9-10H,7-8H2,1-5H3/b11-6+. The Balaban J connectivity index is 4.14. The Morgan fingerprint density at radius 2 is 1.47 bits per heavy atom. The maximum absolute atomic E-state index is 11.4. The van der Waals surface area contributed by atoms with Crippen molar-refractivity contribution in [2.45, 2.75) is 34.6 Å². The molecule has 0 rings (SSSR count). The van der Waals surface area contributed by atoms with Crippen LogP contribution in [0.15, 0.2) is 11.6 Å². The molecule has 0 aliphatic carbocycles. The van der Waals surface area contributed by atoms with Crippen LogP contribution in [0.1, 0.15) is 34.6 Å². The first-order chi connectivity index (χ1) is 7.82. The van der Waals surface area contributed by atoms with Gasteiger partial charge in [0, 0.05) is 11.6 Å². The van der Waals surface area contributed by atoms with E-state index in [2.05, 4.69) is 0 Å². The Bertz CT molecular complexity index is 290. The summed E-state index contributed by atoms with van der Waals surface area (Å²) in [5.74, 6) is -0.418. The second-order valence-electron chi connectivity index (χ2n) is 4.84. The van der Waals surface area contributed by atoms with Gasteiger partial charge in [0.2, 0.25) is 0 Å². The molecule has 0 aromatic carbocycles. The van der Waals surface area contributed by atoms with Gasteiger partial charge in [-0.3, -0.25) is 0 Å². The molecule has 0 radical (unpaired) electrons. The van der Waals surface area contributed by atoms with Crippen LogP contribution in [-0.2, 0) is 19.1 Å². The van der Waals surface area contributed by atoms with Crippen molar-refractivity contribution in [3.8, 4) is 0 Å². The van der Waals surface area contributed by atoms with E-state index < -0.39 is 11.9 Å². The van der Waals surface area contributed by atoms with E-state index in [-0.39, 0.29) is 17.4 Å². The van der Waals surface area contributed by atoms with Crippen molar-refractivity contribution in [1.82, 2.24) is 0 Å². The summed E-state index contributed by atoms with van der Waals surface area (Å²) in [4.78, 5) is 22.7. The molecule has 0 heterocycles. The molecule has 0 saturated heterocycles. The van der Waals surface area contributed by atoms with Crippen LogP contribution in [0, 0.1) is 11.8 Å². The molecule has 98 valence electrons. The molecule has 0 N–H and O–H groups in total. The molecule has 4 nitrogen and oxygen atoms in total. The van der Waals surface area contributed by atoms with E-state index in [1.807, 2.05) is 27.7 Å². The number of ether oxygens (including phenoxy) is 2. The number of carbonyl (C=O) groups excluding carboxylic acids is 2. The zero-order valence-electron chi connectivity index (χ0n) is 11.3. The third-order valence-electron chi connectivity index (χ3n) is 1.76. The van der Waals surface area contributed by atoms with Gasteiger partial charge in [-0.1, -0.05) is 27.7 Å². The lowest BCUT2D eigenvalue weighted by atomic mass is 10.2. The van der Waals surface area contributed by atoms with Crippen LogP contribution in [0.5, 0.6) is 0 Å². The van der Waals surface area contributed by atoms with Gasteiger partial charge in [0.05, 0.1) is 13.2 Å². The van der Waals surface area contributed by atoms with Crippen LogP contribution >= 0.6 is 0 Å². The molecule has 0 amide bonds. The first-order valence-corrected chi connectivity index (χ1v) is 5.85. The molecule has 17 heavy (non-hydrogen) atoms. The van der Waals surface area contributed by atoms with E-state index in [1.54, 1.807) is 6.92 Å². The summed E-state index contributed by atoms with van der Waals surface area (Å²) in [7, 11) is 0. The van der Waals surface area contributed by atoms with Crippen molar-refractivity contribution >= 4 is 11.9 Å². The highest BCUT2D eigenvalue weighted by Crippen LogP contribution is 2.02. The SMILES string of the molecule is C/C(=C\C(=O)OCC(C)C)C(=O)OCC(C)C. The second kappa shape index (κ2) is 7.87. The van der Waals surface area contributed by atoms with E-state index in [0.29, 0.717) is 13.2 Å². The Labute approximate surface area is 103 Å². The summed E-state index contributed by atoms with van der Waals surface area (Å²) in [6, 6.07) is 0. The normalized spacial score (nSPS) is 11.8. The van der Waals surface area contributed by atoms with Crippen molar-refractivity contribution in [2.24, 2.45) is 11.8 Å². The first-order valence-electron chi connectivity index (χ1n) is 5.85. The molecule has 0 bridgehead atoms. The van der Waals surface area contributed by atoms with Crippen molar-refractivity contribution in [3.63, 3.8) is 0 Å². The Morgan fingerprint density at radius 1 is 1.00 bits per heavy atom. The molecule has 0 saturated carbocycles. The summed E-state index contributed by atoms with van der Waals surface area (Å²) in [5.41, 5.74) is 0.263. The van der Waals surface area contributed by atoms with Gasteiger partial charge in [-0.15, -0.1) is 0 Å². The number of rotatable bonds is 6. The smallest absolute Gasteiger partial charge is 0.333 e. The van der Waals surface area contributed by atoms with E-state index in [9.17, 15) is 9.59 Å². The monoisotopic (exact) mass is 242 g/mol. The van der Waals surface area contributed by atoms with Crippen LogP contribution in [0.4, 0.5) is 0 Å². The van der Waals surface area contributed by atoms with E-state index in [1.165, 1.54) is 6.08 Å². The maximum atomic E-state index is 11.4. The fourth-order valence-corrected chi connectivity index (χ4v) is 0.882. The molecule has 4 heteroatoms. The number of hydrogen-bond acceptors (Lipinski definition) is 4. The fourth-order valence-electron chi connectivity index (χ4n) is 0.882. The topological polar surface area (TPSA) is 52.6 Å². The van der Waals surface area contributed by atoms with Gasteiger partial charge >= 0.3 is 11.9 Å². The van der Waals surface area contributed by atoms with Crippen molar-refractivity contribution in [2.75, 3.05) is 13.2 Å². The molecular formula is C13H22O4. The van der Waals surface area contributed by atoms with Gasteiger partial charge < -0.3 is 9.47 Å². The highest BCUT2D eigenvalue weighted by atomic mass is 16.5. The largest absolute Gasteiger partial charge is 0.462 e. The third kappa shape index (κ3) is 8.48. The Hall–Kier alpha value is -1.32. The minimum absolute atomic E-state index is 0.263. The molecule has 0 aromatic heterocycles. The Kier molecular flexibility index (Phi) is 7.26. The second-order valence-corrected chi connectivity index (χ2v) is 4.84. The summed E-state index contributed by atoms with van der Waals surface area (Å²) in [5, 5.41) is 0. The number of esters is 2. The molecule has 0 atom stereocenters. The highest BCUT2D eigenvalue weighted by molar-refractivity contribution is 5.95. The lowest BCUT2D eigenvalue weighted by molar-refractivity contribution is -0.142. The van der Waals surface area contributed by atoms with Crippen molar-refractivity contribution in [1.29, 1.82) is 0 Å². The molecule has 0 aromatic rings. The first kappa shape index (κ1) is 15.7. The molecular weight excluding hydrogens is 220 g/mol. The average molecular weight is 242 g/mol. The maximum Gasteiger partial charge on any atom is 0.333 e. The van der Waals surface area contributed by atoms with Gasteiger partial charge in [-0.2, -0.15) is 0 Å². The van der Waals surface area contributed by atoms with Crippen LogP contribution in [-0.4, -0.2) is 25.2 Å². The minimum Gasteiger partial charge on any atom is -0.462 e. The Morgan fingerprint density at radius 3 is 1.94 bits per heavy atom. The average Bonchev–Trinajstić information content (AvgIpc) is 2.22. The number of carbonyl (C=O) groups is 2. The van der Waals surface area contributed by atoms with Crippen molar-refractivity contribution < 1.29 is 19.1 Å². The van der Waals surface area contributed by atoms with Gasteiger partial charge in [-0.05, 0) is 18.8 Å². The zero-order chi connectivity index (χ0) is 13.4.